The van der Waals surface area contributed by atoms with Crippen molar-refractivity contribution in [2.24, 2.45) is 0 Å². The van der Waals surface area contributed by atoms with Gasteiger partial charge in [-0.15, -0.1) is 0 Å². The van der Waals surface area contributed by atoms with Crippen molar-refractivity contribution >= 4 is 21.8 Å². The molecular formula is C14H20BrNO2. The van der Waals surface area contributed by atoms with Crippen LogP contribution in [-0.4, -0.2) is 28.7 Å². The van der Waals surface area contributed by atoms with Gasteiger partial charge < -0.3 is 9.32 Å². The van der Waals surface area contributed by atoms with Crippen LogP contribution in [-0.2, 0) is 0 Å². The number of carbonyl (C=O) groups excluding carboxylic acids is 1. The Kier molecular flexibility index (Phi) is 4.49. The number of rotatable bonds is 2. The van der Waals surface area contributed by atoms with Gasteiger partial charge in [-0.1, -0.05) is 28.8 Å². The summed E-state index contributed by atoms with van der Waals surface area (Å²) in [5, 5.41) is 0.856. The van der Waals surface area contributed by atoms with Gasteiger partial charge >= 0.3 is 0 Å². The number of furan rings is 1. The molecule has 0 aliphatic carbocycles. The summed E-state index contributed by atoms with van der Waals surface area (Å²) in [5.41, 5.74) is 0.723. The third-order valence-electron chi connectivity index (χ3n) is 3.59. The molecule has 1 unspecified atom stereocenters. The number of alkyl halides is 1. The van der Waals surface area contributed by atoms with E-state index in [1.54, 1.807) is 0 Å². The Labute approximate surface area is 117 Å². The van der Waals surface area contributed by atoms with E-state index in [4.69, 9.17) is 4.42 Å². The van der Waals surface area contributed by atoms with Gasteiger partial charge in [0, 0.05) is 17.9 Å². The molecule has 0 spiro atoms. The highest BCUT2D eigenvalue weighted by atomic mass is 79.9. The standard InChI is InChI=1S/C14H20BrNO2/c1-10-8-13(11(2)18-10)14(17)16-7-5-3-4-6-12(16)9-15/h8,12H,3-7,9H2,1-2H3. The summed E-state index contributed by atoms with van der Waals surface area (Å²) >= 11 is 3.53. The zero-order valence-electron chi connectivity index (χ0n) is 11.0. The molecular weight excluding hydrogens is 294 g/mol. The van der Waals surface area contributed by atoms with Gasteiger partial charge in [0.25, 0.3) is 5.91 Å². The zero-order valence-corrected chi connectivity index (χ0v) is 12.6. The maximum Gasteiger partial charge on any atom is 0.257 e. The molecule has 0 aromatic carbocycles. The van der Waals surface area contributed by atoms with E-state index in [0.29, 0.717) is 6.04 Å². The minimum atomic E-state index is 0.121. The molecule has 0 saturated carbocycles. The van der Waals surface area contributed by atoms with Crippen LogP contribution in [0.3, 0.4) is 0 Å². The van der Waals surface area contributed by atoms with E-state index in [0.717, 1.165) is 41.8 Å². The molecule has 0 radical (unpaired) electrons. The average Bonchev–Trinajstić information content (AvgIpc) is 2.56. The van der Waals surface area contributed by atoms with E-state index < -0.39 is 0 Å². The first-order chi connectivity index (χ1) is 8.63. The van der Waals surface area contributed by atoms with E-state index in [1.165, 1.54) is 12.8 Å². The third kappa shape index (κ3) is 2.79. The van der Waals surface area contributed by atoms with Crippen LogP contribution in [0.2, 0.25) is 0 Å². The lowest BCUT2D eigenvalue weighted by Crippen LogP contribution is -2.41. The molecule has 100 valence electrons. The van der Waals surface area contributed by atoms with Crippen LogP contribution >= 0.6 is 15.9 Å². The molecule has 1 atom stereocenters. The lowest BCUT2D eigenvalue weighted by Gasteiger charge is -2.28. The monoisotopic (exact) mass is 313 g/mol. The molecule has 1 fully saturated rings. The second kappa shape index (κ2) is 5.91. The Morgan fingerprint density at radius 2 is 2.22 bits per heavy atom. The highest BCUT2D eigenvalue weighted by Gasteiger charge is 2.27. The Morgan fingerprint density at radius 3 is 2.83 bits per heavy atom. The van der Waals surface area contributed by atoms with Crippen molar-refractivity contribution in [2.75, 3.05) is 11.9 Å². The van der Waals surface area contributed by atoms with Crippen LogP contribution in [0.4, 0.5) is 0 Å². The van der Waals surface area contributed by atoms with E-state index in [9.17, 15) is 4.79 Å². The first kappa shape index (κ1) is 13.7. The highest BCUT2D eigenvalue weighted by molar-refractivity contribution is 9.09. The van der Waals surface area contributed by atoms with E-state index in [-0.39, 0.29) is 5.91 Å². The predicted octanol–water partition coefficient (Wildman–Crippen LogP) is 3.68. The maximum absolute atomic E-state index is 12.6. The van der Waals surface area contributed by atoms with Crippen LogP contribution in [0.5, 0.6) is 0 Å². The SMILES string of the molecule is Cc1cc(C(=O)N2CCCCCC2CBr)c(C)o1. The van der Waals surface area contributed by atoms with Crippen LogP contribution < -0.4 is 0 Å². The summed E-state index contributed by atoms with van der Waals surface area (Å²) in [6, 6.07) is 2.17. The smallest absolute Gasteiger partial charge is 0.257 e. The van der Waals surface area contributed by atoms with Gasteiger partial charge in [0.2, 0.25) is 0 Å². The van der Waals surface area contributed by atoms with E-state index >= 15 is 0 Å². The molecule has 4 heteroatoms. The first-order valence-corrected chi connectivity index (χ1v) is 7.69. The second-order valence-corrected chi connectivity index (χ2v) is 5.63. The minimum absolute atomic E-state index is 0.121. The minimum Gasteiger partial charge on any atom is -0.466 e. The fourth-order valence-corrected chi connectivity index (χ4v) is 3.28. The maximum atomic E-state index is 12.6. The zero-order chi connectivity index (χ0) is 13.1. The van der Waals surface area contributed by atoms with Gasteiger partial charge in [0.05, 0.1) is 5.56 Å². The molecule has 3 nitrogen and oxygen atoms in total. The van der Waals surface area contributed by atoms with E-state index in [1.807, 2.05) is 24.8 Å². The number of likely N-dealkylation sites (tertiary alicyclic amines) is 1. The molecule has 0 bridgehead atoms. The summed E-state index contributed by atoms with van der Waals surface area (Å²) < 4.78 is 5.47. The molecule has 1 aliphatic heterocycles. The molecule has 1 aromatic heterocycles. The van der Waals surface area contributed by atoms with Crippen LogP contribution in [0.25, 0.3) is 0 Å². The molecule has 1 amide bonds. The van der Waals surface area contributed by atoms with Gasteiger partial charge in [-0.2, -0.15) is 0 Å². The molecule has 1 saturated heterocycles. The molecule has 2 rings (SSSR count). The molecule has 1 aliphatic rings. The lowest BCUT2D eigenvalue weighted by molar-refractivity contribution is 0.0700. The van der Waals surface area contributed by atoms with Gasteiger partial charge in [-0.3, -0.25) is 4.79 Å². The third-order valence-corrected chi connectivity index (χ3v) is 4.33. The second-order valence-electron chi connectivity index (χ2n) is 4.98. The summed E-state index contributed by atoms with van der Waals surface area (Å²) in [7, 11) is 0. The van der Waals surface area contributed by atoms with Crippen LogP contribution in [0.1, 0.15) is 47.6 Å². The Morgan fingerprint density at radius 1 is 1.44 bits per heavy atom. The van der Waals surface area contributed by atoms with Gasteiger partial charge in [0.1, 0.15) is 11.5 Å². The van der Waals surface area contributed by atoms with Gasteiger partial charge in [-0.05, 0) is 32.8 Å². The summed E-state index contributed by atoms with van der Waals surface area (Å²) in [6.45, 7) is 4.61. The van der Waals surface area contributed by atoms with Crippen LogP contribution in [0.15, 0.2) is 10.5 Å². The Bertz CT molecular complexity index is 427. The number of aryl methyl sites for hydroxylation is 2. The lowest BCUT2D eigenvalue weighted by atomic mass is 10.1. The predicted molar refractivity (Wildman–Crippen MR) is 75.3 cm³/mol. The number of amides is 1. The topological polar surface area (TPSA) is 33.5 Å². The molecule has 18 heavy (non-hydrogen) atoms. The van der Waals surface area contributed by atoms with Crippen molar-refractivity contribution in [3.63, 3.8) is 0 Å². The number of carbonyl (C=O) groups is 1. The molecule has 2 heterocycles. The number of hydrogen-bond donors (Lipinski definition) is 0. The highest BCUT2D eigenvalue weighted by Crippen LogP contribution is 2.23. The van der Waals surface area contributed by atoms with Crippen molar-refractivity contribution < 1.29 is 9.21 Å². The summed E-state index contributed by atoms with van der Waals surface area (Å²) in [5.74, 6) is 1.66. The first-order valence-electron chi connectivity index (χ1n) is 6.57. The van der Waals surface area contributed by atoms with E-state index in [2.05, 4.69) is 15.9 Å². The Balaban J connectivity index is 2.22. The quantitative estimate of drug-likeness (QED) is 0.780. The Hall–Kier alpha value is -0.770. The fourth-order valence-electron chi connectivity index (χ4n) is 2.60. The summed E-state index contributed by atoms with van der Waals surface area (Å²) in [4.78, 5) is 14.6. The molecule has 0 N–H and O–H groups in total. The van der Waals surface area contributed by atoms with Crippen LogP contribution in [0, 0.1) is 13.8 Å². The van der Waals surface area contributed by atoms with Crippen molar-refractivity contribution in [1.82, 2.24) is 4.90 Å². The largest absolute Gasteiger partial charge is 0.466 e. The van der Waals surface area contributed by atoms with Gasteiger partial charge in [-0.25, -0.2) is 0 Å². The van der Waals surface area contributed by atoms with Crippen molar-refractivity contribution in [2.45, 2.75) is 45.6 Å². The van der Waals surface area contributed by atoms with Gasteiger partial charge in [0.15, 0.2) is 0 Å². The average molecular weight is 314 g/mol. The number of hydrogen-bond acceptors (Lipinski definition) is 2. The normalized spacial score (nSPS) is 20.8. The number of nitrogens with zero attached hydrogens (tertiary/aromatic N) is 1. The van der Waals surface area contributed by atoms with Crippen molar-refractivity contribution in [1.29, 1.82) is 0 Å². The van der Waals surface area contributed by atoms with Crippen molar-refractivity contribution in [3.8, 4) is 0 Å². The van der Waals surface area contributed by atoms with Crippen molar-refractivity contribution in [3.05, 3.63) is 23.2 Å². The molecule has 1 aromatic rings. The number of halogens is 1. The summed E-state index contributed by atoms with van der Waals surface area (Å²) in [6.07, 6.45) is 4.62. The fraction of sp³-hybridized carbons (Fsp3) is 0.643.